The molecule has 1 aromatic heterocycles. The van der Waals surface area contributed by atoms with E-state index in [1.165, 1.54) is 0 Å². The molecule has 3 aliphatic rings. The van der Waals surface area contributed by atoms with E-state index in [1.807, 2.05) is 31.7 Å². The number of pyridine rings is 1. The van der Waals surface area contributed by atoms with Gasteiger partial charge in [0.1, 0.15) is 10.8 Å². The van der Waals surface area contributed by atoms with Crippen molar-refractivity contribution in [3.05, 3.63) is 29.0 Å². The highest BCUT2D eigenvalue weighted by Gasteiger charge is 2.66. The van der Waals surface area contributed by atoms with Crippen LogP contribution in [0.15, 0.2) is 18.3 Å². The van der Waals surface area contributed by atoms with Crippen molar-refractivity contribution in [1.29, 1.82) is 0 Å². The summed E-state index contributed by atoms with van der Waals surface area (Å²) in [6.07, 6.45) is 3.02. The zero-order valence-electron chi connectivity index (χ0n) is 14.7. The Hall–Kier alpha value is -1.37. The van der Waals surface area contributed by atoms with Crippen molar-refractivity contribution < 1.29 is 19.0 Å². The van der Waals surface area contributed by atoms with Crippen LogP contribution < -0.4 is 0 Å². The maximum atomic E-state index is 12.8. The Balaban J connectivity index is 1.67. The van der Waals surface area contributed by atoms with Gasteiger partial charge < -0.3 is 14.2 Å². The van der Waals surface area contributed by atoms with E-state index in [4.69, 9.17) is 25.8 Å². The third-order valence-electron chi connectivity index (χ3n) is 5.13. The molecule has 0 N–H and O–H groups in total. The van der Waals surface area contributed by atoms with E-state index in [0.29, 0.717) is 24.8 Å². The zero-order chi connectivity index (χ0) is 17.8. The normalized spacial score (nSPS) is 30.2. The molecule has 1 aromatic rings. The van der Waals surface area contributed by atoms with E-state index in [2.05, 4.69) is 4.98 Å². The predicted molar refractivity (Wildman–Crippen MR) is 91.5 cm³/mol. The summed E-state index contributed by atoms with van der Waals surface area (Å²) in [6, 6.07) is 3.58. The number of hydrogen-bond donors (Lipinski definition) is 0. The van der Waals surface area contributed by atoms with Crippen molar-refractivity contribution in [3.63, 3.8) is 0 Å². The minimum atomic E-state index is -0.732. The van der Waals surface area contributed by atoms with E-state index in [1.54, 1.807) is 12.3 Å². The second kappa shape index (κ2) is 5.83. The lowest BCUT2D eigenvalue weighted by Gasteiger charge is -2.36. The summed E-state index contributed by atoms with van der Waals surface area (Å²) in [4.78, 5) is 18.9. The molecule has 1 spiro atoms. The van der Waals surface area contributed by atoms with Gasteiger partial charge in [0.2, 0.25) is 0 Å². The number of aromatic nitrogens is 1. The first-order valence-corrected chi connectivity index (χ1v) is 9.08. The van der Waals surface area contributed by atoms with Crippen LogP contribution in [0.3, 0.4) is 0 Å². The SMILES string of the molecule is CC(C)(C)OC(=O)N1C2CC(c3ccc(Cl)nc3)C1C1(C2)OCCO1. The molecule has 0 aromatic carbocycles. The first-order valence-electron chi connectivity index (χ1n) is 8.70. The Morgan fingerprint density at radius 1 is 1.36 bits per heavy atom. The van der Waals surface area contributed by atoms with Gasteiger partial charge in [-0.15, -0.1) is 0 Å². The summed E-state index contributed by atoms with van der Waals surface area (Å²) >= 11 is 5.92. The molecule has 1 amide bonds. The van der Waals surface area contributed by atoms with Crippen LogP contribution in [0.25, 0.3) is 0 Å². The fourth-order valence-corrected chi connectivity index (χ4v) is 4.48. The predicted octanol–water partition coefficient (Wildman–Crippen LogP) is 3.34. The van der Waals surface area contributed by atoms with Crippen molar-refractivity contribution in [1.82, 2.24) is 9.88 Å². The van der Waals surface area contributed by atoms with Gasteiger partial charge in [0, 0.05) is 24.6 Å². The summed E-state index contributed by atoms with van der Waals surface area (Å²) in [5.41, 5.74) is 0.504. The standard InChI is InChI=1S/C18H23ClN2O4/c1-17(2,3)25-16(22)21-12-8-13(11-4-5-14(19)20-10-11)15(21)18(9-12)23-6-7-24-18/h4-5,10,12-13,15H,6-9H2,1-3H3. The summed E-state index contributed by atoms with van der Waals surface area (Å²) in [7, 11) is 0. The molecule has 3 aliphatic heterocycles. The van der Waals surface area contributed by atoms with Crippen molar-refractivity contribution in [2.45, 2.75) is 63.0 Å². The number of halogens is 1. The van der Waals surface area contributed by atoms with Crippen LogP contribution >= 0.6 is 11.6 Å². The summed E-state index contributed by atoms with van der Waals surface area (Å²) in [5.74, 6) is -0.640. The molecule has 0 radical (unpaired) electrons. The van der Waals surface area contributed by atoms with Gasteiger partial charge in [-0.05, 0) is 38.8 Å². The van der Waals surface area contributed by atoms with Gasteiger partial charge in [-0.3, -0.25) is 4.90 Å². The lowest BCUT2D eigenvalue weighted by molar-refractivity contribution is -0.179. The van der Waals surface area contributed by atoms with E-state index in [0.717, 1.165) is 12.0 Å². The molecule has 3 fully saturated rings. The lowest BCUT2D eigenvalue weighted by Crippen LogP contribution is -2.50. The van der Waals surface area contributed by atoms with Gasteiger partial charge in [0.25, 0.3) is 0 Å². The van der Waals surface area contributed by atoms with Crippen molar-refractivity contribution in [3.8, 4) is 0 Å². The van der Waals surface area contributed by atoms with Gasteiger partial charge in [-0.25, -0.2) is 9.78 Å². The van der Waals surface area contributed by atoms with Crippen LogP contribution in [0.4, 0.5) is 4.79 Å². The Kier molecular flexibility index (Phi) is 3.98. The Morgan fingerprint density at radius 3 is 2.68 bits per heavy atom. The number of ether oxygens (including phenoxy) is 3. The van der Waals surface area contributed by atoms with E-state index >= 15 is 0 Å². The smallest absolute Gasteiger partial charge is 0.411 e. The van der Waals surface area contributed by atoms with Crippen LogP contribution in [-0.2, 0) is 14.2 Å². The Morgan fingerprint density at radius 2 is 2.08 bits per heavy atom. The van der Waals surface area contributed by atoms with E-state index in [9.17, 15) is 4.79 Å². The molecule has 136 valence electrons. The zero-order valence-corrected chi connectivity index (χ0v) is 15.5. The van der Waals surface area contributed by atoms with E-state index < -0.39 is 11.4 Å². The molecule has 7 heteroatoms. The summed E-state index contributed by atoms with van der Waals surface area (Å²) < 4.78 is 17.7. The number of rotatable bonds is 1. The van der Waals surface area contributed by atoms with Gasteiger partial charge in [0.15, 0.2) is 5.79 Å². The van der Waals surface area contributed by atoms with Crippen molar-refractivity contribution >= 4 is 17.7 Å². The molecule has 4 rings (SSSR count). The third-order valence-corrected chi connectivity index (χ3v) is 5.35. The molecule has 0 saturated carbocycles. The number of carbonyl (C=O) groups is 1. The van der Waals surface area contributed by atoms with Crippen molar-refractivity contribution in [2.75, 3.05) is 13.2 Å². The monoisotopic (exact) mass is 366 g/mol. The molecule has 25 heavy (non-hydrogen) atoms. The van der Waals surface area contributed by atoms with E-state index in [-0.39, 0.29) is 24.1 Å². The average molecular weight is 367 g/mol. The quantitative estimate of drug-likeness (QED) is 0.713. The molecular formula is C18H23ClN2O4. The molecule has 4 heterocycles. The molecule has 6 nitrogen and oxygen atoms in total. The summed E-state index contributed by atoms with van der Waals surface area (Å²) in [5, 5.41) is 0.457. The fraction of sp³-hybridized carbons (Fsp3) is 0.667. The highest BCUT2D eigenvalue weighted by atomic mass is 35.5. The highest BCUT2D eigenvalue weighted by molar-refractivity contribution is 6.29. The Bertz CT molecular complexity index is 667. The van der Waals surface area contributed by atoms with Gasteiger partial charge in [0.05, 0.1) is 19.3 Å². The van der Waals surface area contributed by atoms with Crippen LogP contribution in [-0.4, -0.2) is 52.7 Å². The minimum absolute atomic E-state index is 0.0404. The number of amides is 1. The van der Waals surface area contributed by atoms with Crippen LogP contribution in [0.1, 0.15) is 45.1 Å². The molecular weight excluding hydrogens is 344 g/mol. The second-order valence-corrected chi connectivity index (χ2v) is 8.34. The minimum Gasteiger partial charge on any atom is -0.444 e. The number of hydrogen-bond acceptors (Lipinski definition) is 5. The first kappa shape index (κ1) is 17.1. The molecule has 0 aliphatic carbocycles. The highest BCUT2D eigenvalue weighted by Crippen LogP contribution is 2.55. The molecule has 3 unspecified atom stereocenters. The molecule has 2 bridgehead atoms. The lowest BCUT2D eigenvalue weighted by atomic mass is 9.81. The van der Waals surface area contributed by atoms with Gasteiger partial charge in [-0.1, -0.05) is 17.7 Å². The van der Waals surface area contributed by atoms with Gasteiger partial charge in [-0.2, -0.15) is 0 Å². The maximum absolute atomic E-state index is 12.8. The first-order chi connectivity index (χ1) is 11.8. The van der Waals surface area contributed by atoms with Crippen LogP contribution in [0, 0.1) is 0 Å². The average Bonchev–Trinajstić information content (AvgIpc) is 3.19. The summed E-state index contributed by atoms with van der Waals surface area (Å²) in [6.45, 7) is 6.74. The van der Waals surface area contributed by atoms with Crippen LogP contribution in [0.2, 0.25) is 5.15 Å². The third kappa shape index (κ3) is 2.90. The number of nitrogens with zero attached hydrogens (tertiary/aromatic N) is 2. The molecule has 3 atom stereocenters. The second-order valence-electron chi connectivity index (χ2n) is 7.96. The van der Waals surface area contributed by atoms with Crippen molar-refractivity contribution in [2.24, 2.45) is 0 Å². The molecule has 3 saturated heterocycles. The number of fused-ring (bicyclic) bond motifs is 3. The maximum Gasteiger partial charge on any atom is 0.411 e. The van der Waals surface area contributed by atoms with Crippen LogP contribution in [0.5, 0.6) is 0 Å². The van der Waals surface area contributed by atoms with Gasteiger partial charge >= 0.3 is 6.09 Å². The Labute approximate surface area is 152 Å². The largest absolute Gasteiger partial charge is 0.444 e. The fourth-order valence-electron chi connectivity index (χ4n) is 4.37. The number of carbonyl (C=O) groups excluding carboxylic acids is 1. The topological polar surface area (TPSA) is 60.9 Å².